The van der Waals surface area contributed by atoms with E-state index in [1.807, 2.05) is 38.2 Å². The number of Topliss-reactive ketones (excluding diaryl/α,β-unsaturated/α-hetero) is 1. The number of carbonyl (C=O) groups excluding carboxylic acids is 3. The molecule has 10 nitrogen and oxygen atoms in total. The van der Waals surface area contributed by atoms with E-state index < -0.39 is 17.9 Å². The molecular weight excluding hydrogens is 837 g/mol. The fourth-order valence-electron chi connectivity index (χ4n) is 10.9. The third-order valence-electron chi connectivity index (χ3n) is 15.0. The van der Waals surface area contributed by atoms with Gasteiger partial charge in [0.1, 0.15) is 18.3 Å². The first-order valence-electron chi connectivity index (χ1n) is 24.7. The Morgan fingerprint density at radius 3 is 2.06 bits per heavy atom. The zero-order chi connectivity index (χ0) is 47.3. The summed E-state index contributed by atoms with van der Waals surface area (Å²) >= 11 is 0. The summed E-state index contributed by atoms with van der Waals surface area (Å²) in [6, 6.07) is -0.616. The second-order valence-electron chi connectivity index (χ2n) is 20.4. The predicted octanol–water partition coefficient (Wildman–Crippen LogP) is 11.2. The van der Waals surface area contributed by atoms with Gasteiger partial charge < -0.3 is 35.2 Å². The summed E-state index contributed by atoms with van der Waals surface area (Å²) in [6.07, 6.45) is 20.6. The standard InChI is InChI=1S/C55H77N4O6.Mg/c1-13-39-34(7)41-29-46-48(38(11)60)36(9)43(57-46)27-42-35(8)40(52(58-42)50-51(55(63)64-12)54(62)49-37(10)44(59-53(49)50)28-45(39)56-41)23-24-47(61)65-26-25-33(6)22-16-21-32(5)20-15-19-31(4)18-14-17-30(2)3;/h25,27-32,34-35,39-40,51-52H,13-24,26H2,1-12H3,(H2-,56,57,60,62);/q-3;+2/p-1/b33-25+,42-27-,45-28-;/t31-,32-,34-,35+,39-,40+,51-,52-;/m1./s1. The molecule has 0 saturated carbocycles. The zero-order valence-corrected chi connectivity index (χ0v) is 43.6. The molecule has 0 aromatic carbocycles. The average molecular weight is 914 g/mol. The van der Waals surface area contributed by atoms with Crippen LogP contribution in [0.2, 0.25) is 0 Å². The topological polar surface area (TPSA) is 146 Å². The third kappa shape index (κ3) is 11.8. The van der Waals surface area contributed by atoms with Gasteiger partial charge in [0.15, 0.2) is 5.78 Å². The molecule has 3 aliphatic heterocycles. The zero-order valence-electron chi connectivity index (χ0n) is 42.2. The Labute approximate surface area is 411 Å². The van der Waals surface area contributed by atoms with Gasteiger partial charge in [-0.2, -0.15) is 17.1 Å². The minimum Gasteiger partial charge on any atom is -0.681 e. The molecule has 0 spiro atoms. The van der Waals surface area contributed by atoms with Crippen molar-refractivity contribution < 1.29 is 29.0 Å². The number of methoxy groups -OCH3 is 1. The van der Waals surface area contributed by atoms with Crippen LogP contribution >= 0.6 is 0 Å². The molecule has 2 saturated heterocycles. The first-order chi connectivity index (χ1) is 30.9. The second kappa shape index (κ2) is 23.4. The van der Waals surface area contributed by atoms with Gasteiger partial charge in [0, 0.05) is 17.2 Å². The molecular formula is C55H76MgN4O6-2. The number of nitrogens with zero attached hydrogens (tertiary/aromatic N) is 4. The van der Waals surface area contributed by atoms with Gasteiger partial charge >= 0.3 is 35.0 Å². The summed E-state index contributed by atoms with van der Waals surface area (Å²) in [5.74, 6) is -0.112. The van der Waals surface area contributed by atoms with Crippen LogP contribution in [-0.2, 0) is 19.1 Å². The number of fused-ring (bicyclic) bond motifs is 8. The van der Waals surface area contributed by atoms with E-state index in [9.17, 15) is 19.5 Å². The van der Waals surface area contributed by atoms with Crippen molar-refractivity contribution in [1.82, 2.24) is 9.97 Å². The maximum absolute atomic E-state index is 13.6. The smallest absolute Gasteiger partial charge is 0.681 e. The SMILES string of the molecule is CC[C@H]1/C2=C/c3[n-]c4c(c3C)=C(O)[C@H](C(=O)OC)C=4[C@@H]3[N-]/C(=C\c4[n-]c(c(C(C)=O)c4C)/C=C(\[N-]2)[C@@H]1C)[C@@H](C)[C@@H]3CCC(=O)OC/C=C(\C)CCC[C@H](C)CCC[C@H](C)CCCC(C)C.[Mg+2]. The fourth-order valence-corrected chi connectivity index (χ4v) is 10.9. The summed E-state index contributed by atoms with van der Waals surface area (Å²) in [5.41, 5.74) is 8.21. The van der Waals surface area contributed by atoms with Gasteiger partial charge in [-0.05, 0) is 94.5 Å². The van der Waals surface area contributed by atoms with E-state index in [0.717, 1.165) is 59.3 Å². The van der Waals surface area contributed by atoms with Gasteiger partial charge in [-0.1, -0.05) is 146 Å². The average Bonchev–Trinajstić information content (AvgIpc) is 4.00. The fraction of sp³-hybridized carbons (Fsp3) is 0.618. The predicted molar refractivity (Wildman–Crippen MR) is 268 cm³/mol. The first kappa shape index (κ1) is 53.0. The maximum Gasteiger partial charge on any atom is 2.00 e. The van der Waals surface area contributed by atoms with Gasteiger partial charge in [-0.25, -0.2) is 0 Å². The van der Waals surface area contributed by atoms with E-state index in [1.54, 1.807) is 6.92 Å². The largest absolute Gasteiger partial charge is 2.00 e. The molecule has 0 unspecified atom stereocenters. The number of ketones is 1. The second-order valence-corrected chi connectivity index (χ2v) is 20.4. The third-order valence-corrected chi connectivity index (χ3v) is 15.0. The van der Waals surface area contributed by atoms with Crippen LogP contribution in [0.25, 0.3) is 40.2 Å². The number of hydrogen-bond donors (Lipinski definition) is 1. The number of rotatable bonds is 20. The molecule has 1 aliphatic carbocycles. The normalized spacial score (nSPS) is 25.5. The number of allylic oxidation sites excluding steroid dienone is 4. The van der Waals surface area contributed by atoms with Crippen molar-refractivity contribution in [3.63, 3.8) is 0 Å². The Morgan fingerprint density at radius 2 is 1.42 bits per heavy atom. The van der Waals surface area contributed by atoms with Crippen molar-refractivity contribution >= 4 is 70.3 Å². The Bertz CT molecular complexity index is 2340. The van der Waals surface area contributed by atoms with Gasteiger partial charge in [-0.15, -0.1) is 22.4 Å². The number of aliphatic hydroxyl groups excluding tert-OH is 1. The van der Waals surface area contributed by atoms with Crippen LogP contribution in [0.5, 0.6) is 0 Å². The van der Waals surface area contributed by atoms with Crippen LogP contribution in [-0.4, -0.2) is 65.6 Å². The molecule has 6 rings (SSSR count). The van der Waals surface area contributed by atoms with E-state index in [-0.39, 0.29) is 77.3 Å². The quantitative estimate of drug-likeness (QED) is 0.0598. The van der Waals surface area contributed by atoms with Crippen molar-refractivity contribution in [3.8, 4) is 0 Å². The molecule has 5 heterocycles. The number of carbonyl (C=O) groups is 3. The Kier molecular flexibility index (Phi) is 18.8. The molecule has 2 fully saturated rings. The van der Waals surface area contributed by atoms with E-state index >= 15 is 0 Å². The Hall–Kier alpha value is -3.96. The van der Waals surface area contributed by atoms with Gasteiger partial charge in [-0.3, -0.25) is 14.4 Å². The van der Waals surface area contributed by atoms with Crippen molar-refractivity contribution in [3.05, 3.63) is 83.7 Å². The number of aromatic nitrogens is 2. The molecule has 356 valence electrons. The minimum atomic E-state index is -1.10. The van der Waals surface area contributed by atoms with Crippen molar-refractivity contribution in [2.45, 2.75) is 159 Å². The summed E-state index contributed by atoms with van der Waals surface area (Å²) in [4.78, 5) is 50.5. The van der Waals surface area contributed by atoms with Crippen LogP contribution in [0.4, 0.5) is 0 Å². The minimum absolute atomic E-state index is 0. The molecule has 0 amide bonds. The molecule has 4 aliphatic rings. The molecule has 2 aromatic rings. The molecule has 11 heteroatoms. The van der Waals surface area contributed by atoms with Crippen LogP contribution < -0.4 is 20.5 Å². The number of aliphatic hydroxyl groups is 1. The molecule has 8 atom stereocenters. The van der Waals surface area contributed by atoms with E-state index in [1.165, 1.54) is 57.6 Å². The summed E-state index contributed by atoms with van der Waals surface area (Å²) < 4.78 is 11.1. The summed E-state index contributed by atoms with van der Waals surface area (Å²) in [5, 5.41) is 23.4. The summed E-state index contributed by atoms with van der Waals surface area (Å²) in [6.45, 7) is 23.5. The Morgan fingerprint density at radius 1 is 0.803 bits per heavy atom. The van der Waals surface area contributed by atoms with Crippen LogP contribution in [0, 0.1) is 61.2 Å². The molecule has 2 aromatic heterocycles. The maximum atomic E-state index is 13.6. The van der Waals surface area contributed by atoms with E-state index in [0.29, 0.717) is 51.1 Å². The molecule has 1 N–H and O–H groups in total. The van der Waals surface area contributed by atoms with Crippen molar-refractivity contribution in [2.75, 3.05) is 13.7 Å². The van der Waals surface area contributed by atoms with Crippen LogP contribution in [0.15, 0.2) is 28.7 Å². The van der Waals surface area contributed by atoms with E-state index in [2.05, 4.69) is 55.4 Å². The first-order valence-corrected chi connectivity index (χ1v) is 24.7. The van der Waals surface area contributed by atoms with Crippen LogP contribution in [0.1, 0.15) is 178 Å². The summed E-state index contributed by atoms with van der Waals surface area (Å²) in [7, 11) is 1.32. The van der Waals surface area contributed by atoms with Gasteiger partial charge in [0.05, 0.1) is 7.11 Å². The monoisotopic (exact) mass is 913 g/mol. The van der Waals surface area contributed by atoms with Gasteiger partial charge in [0.2, 0.25) is 0 Å². The number of ether oxygens (including phenoxy) is 2. The molecule has 0 radical (unpaired) electrons. The van der Waals surface area contributed by atoms with E-state index in [4.69, 9.17) is 30.1 Å². The van der Waals surface area contributed by atoms with Crippen LogP contribution in [0.3, 0.4) is 0 Å². The Balaban J connectivity index is 0.00000817. The van der Waals surface area contributed by atoms with Crippen molar-refractivity contribution in [1.29, 1.82) is 0 Å². The molecule has 66 heavy (non-hydrogen) atoms. The number of hydrogen-bond acceptors (Lipinski definition) is 6. The molecule has 8 bridgehead atoms. The van der Waals surface area contributed by atoms with Crippen molar-refractivity contribution in [2.24, 2.45) is 47.3 Å². The van der Waals surface area contributed by atoms with Gasteiger partial charge in [0.25, 0.3) is 0 Å². The number of esters is 2.